The Morgan fingerprint density at radius 2 is 1.71 bits per heavy atom. The molecule has 2 amide bonds. The summed E-state index contributed by atoms with van der Waals surface area (Å²) in [6, 6.07) is 22.0. The van der Waals surface area contributed by atoms with Crippen molar-refractivity contribution < 1.29 is 22.7 Å². The summed E-state index contributed by atoms with van der Waals surface area (Å²) in [6.45, 7) is 1.38. The molecule has 6 nitrogen and oxygen atoms in total. The minimum Gasteiger partial charge on any atom is -0.406 e. The summed E-state index contributed by atoms with van der Waals surface area (Å²) >= 11 is 7.40. The van der Waals surface area contributed by atoms with Gasteiger partial charge in [0.15, 0.2) is 4.80 Å². The molecule has 0 bridgehead atoms. The van der Waals surface area contributed by atoms with Crippen molar-refractivity contribution in [2.75, 3.05) is 11.9 Å². The van der Waals surface area contributed by atoms with Crippen molar-refractivity contribution in [3.05, 3.63) is 99.6 Å². The third-order valence-electron chi connectivity index (χ3n) is 5.37. The lowest BCUT2D eigenvalue weighted by molar-refractivity contribution is -0.274. The highest BCUT2D eigenvalue weighted by Crippen LogP contribution is 2.27. The molecule has 0 aliphatic rings. The average Bonchev–Trinajstić information content (AvgIpc) is 3.29. The van der Waals surface area contributed by atoms with Gasteiger partial charge in [-0.05, 0) is 66.1 Å². The zero-order valence-electron chi connectivity index (χ0n) is 20.0. The quantitative estimate of drug-likeness (QED) is 0.215. The Morgan fingerprint density at radius 1 is 1.00 bits per heavy atom. The van der Waals surface area contributed by atoms with Gasteiger partial charge in [0, 0.05) is 29.2 Å². The third-order valence-corrected chi connectivity index (χ3v) is 6.52. The Bertz CT molecular complexity index is 1400. The Hall–Kier alpha value is -3.76. The Labute approximate surface area is 226 Å². The van der Waals surface area contributed by atoms with Gasteiger partial charge in [0.25, 0.3) is 0 Å². The molecule has 4 rings (SSSR count). The van der Waals surface area contributed by atoms with E-state index in [4.69, 9.17) is 16.6 Å². The van der Waals surface area contributed by atoms with Gasteiger partial charge < -0.3 is 19.9 Å². The minimum absolute atomic E-state index is 0.288. The van der Waals surface area contributed by atoms with Gasteiger partial charge in [-0.15, -0.1) is 24.5 Å². The number of alkyl halides is 3. The van der Waals surface area contributed by atoms with Crippen LogP contribution < -0.4 is 20.2 Å². The number of nitrogens with zero attached hydrogens (tertiary/aromatic N) is 2. The lowest BCUT2D eigenvalue weighted by atomic mass is 10.1. The van der Waals surface area contributed by atoms with Crippen LogP contribution in [0.2, 0.25) is 5.02 Å². The SMILES string of the molecule is O=C(NCCCn1c(-c2ccc(OC(F)(F)F)cc2)cs/c1=N\Cc1ccc(Cl)cc1)Nc1ccccc1. The molecule has 1 heterocycles. The standard InChI is InChI=1S/C27H24ClF3N4O2S/c28-21-11-7-19(8-12-21)17-33-26-35(16-4-15-32-25(36)34-22-5-2-1-3-6-22)24(18-38-26)20-9-13-23(14-10-20)37-27(29,30)31/h1-3,5-14,18H,4,15-17H2,(H2,32,34,36)/b33-26-. The predicted octanol–water partition coefficient (Wildman–Crippen LogP) is 7.08. The molecule has 0 saturated heterocycles. The van der Waals surface area contributed by atoms with E-state index < -0.39 is 6.36 Å². The first-order valence-corrected chi connectivity index (χ1v) is 12.9. The molecule has 3 aromatic carbocycles. The van der Waals surface area contributed by atoms with Crippen LogP contribution >= 0.6 is 22.9 Å². The second-order valence-electron chi connectivity index (χ2n) is 8.17. The highest BCUT2D eigenvalue weighted by atomic mass is 35.5. The van der Waals surface area contributed by atoms with Crippen molar-refractivity contribution in [3.8, 4) is 17.0 Å². The number of carbonyl (C=O) groups excluding carboxylic acids is 1. The average molecular weight is 561 g/mol. The largest absolute Gasteiger partial charge is 0.573 e. The number of hydrogen-bond acceptors (Lipinski definition) is 4. The fourth-order valence-electron chi connectivity index (χ4n) is 3.61. The smallest absolute Gasteiger partial charge is 0.406 e. The van der Waals surface area contributed by atoms with E-state index in [1.54, 1.807) is 36.4 Å². The molecular formula is C27H24ClF3N4O2S. The molecule has 0 atom stereocenters. The van der Waals surface area contributed by atoms with Crippen molar-refractivity contribution in [2.24, 2.45) is 4.99 Å². The van der Waals surface area contributed by atoms with Crippen LogP contribution in [0, 0.1) is 0 Å². The number of ether oxygens (including phenoxy) is 1. The molecule has 0 radical (unpaired) electrons. The molecule has 0 spiro atoms. The number of urea groups is 1. The number of hydrogen-bond donors (Lipinski definition) is 2. The van der Waals surface area contributed by atoms with Crippen LogP contribution in [0.4, 0.5) is 23.7 Å². The van der Waals surface area contributed by atoms with Crippen LogP contribution in [0.1, 0.15) is 12.0 Å². The monoisotopic (exact) mass is 560 g/mol. The fourth-order valence-corrected chi connectivity index (χ4v) is 4.68. The minimum atomic E-state index is -4.75. The summed E-state index contributed by atoms with van der Waals surface area (Å²) in [4.78, 5) is 17.7. The molecule has 0 unspecified atom stereocenters. The van der Waals surface area contributed by atoms with E-state index in [0.717, 1.165) is 21.6 Å². The second-order valence-corrected chi connectivity index (χ2v) is 9.44. The van der Waals surface area contributed by atoms with E-state index in [2.05, 4.69) is 15.4 Å². The van der Waals surface area contributed by atoms with Crippen LogP contribution in [0.25, 0.3) is 11.3 Å². The zero-order valence-corrected chi connectivity index (χ0v) is 21.6. The highest BCUT2D eigenvalue weighted by molar-refractivity contribution is 7.07. The summed E-state index contributed by atoms with van der Waals surface area (Å²) in [7, 11) is 0. The summed E-state index contributed by atoms with van der Waals surface area (Å²) in [5.41, 5.74) is 3.21. The van der Waals surface area contributed by atoms with Crippen molar-refractivity contribution in [2.45, 2.75) is 25.9 Å². The summed E-state index contributed by atoms with van der Waals surface area (Å²) in [5.74, 6) is -0.288. The van der Waals surface area contributed by atoms with Gasteiger partial charge in [-0.2, -0.15) is 0 Å². The Balaban J connectivity index is 1.48. The molecule has 198 valence electrons. The third kappa shape index (κ3) is 8.12. The maximum absolute atomic E-state index is 12.6. The molecule has 11 heteroatoms. The van der Waals surface area contributed by atoms with E-state index in [1.807, 2.05) is 40.3 Å². The highest BCUT2D eigenvalue weighted by Gasteiger charge is 2.31. The number of halogens is 4. The molecule has 0 fully saturated rings. The summed E-state index contributed by atoms with van der Waals surface area (Å²) in [5, 5.41) is 8.17. The van der Waals surface area contributed by atoms with Crippen LogP contribution in [0.15, 0.2) is 89.2 Å². The van der Waals surface area contributed by atoms with E-state index in [0.29, 0.717) is 36.8 Å². The molecule has 4 aromatic rings. The van der Waals surface area contributed by atoms with Gasteiger partial charge in [-0.3, -0.25) is 4.99 Å². The fraction of sp³-hybridized carbons (Fsp3) is 0.185. The van der Waals surface area contributed by atoms with Gasteiger partial charge in [-0.1, -0.05) is 41.9 Å². The molecule has 38 heavy (non-hydrogen) atoms. The van der Waals surface area contributed by atoms with Gasteiger partial charge in [-0.25, -0.2) is 4.79 Å². The molecule has 0 aliphatic carbocycles. The van der Waals surface area contributed by atoms with Crippen molar-refractivity contribution in [3.63, 3.8) is 0 Å². The number of amides is 2. The lowest BCUT2D eigenvalue weighted by Gasteiger charge is -2.12. The molecule has 1 aromatic heterocycles. The van der Waals surface area contributed by atoms with Crippen LogP contribution in [-0.2, 0) is 13.1 Å². The summed E-state index contributed by atoms with van der Waals surface area (Å²) < 4.78 is 43.6. The number of carbonyl (C=O) groups is 1. The van der Waals surface area contributed by atoms with Crippen LogP contribution in [0.5, 0.6) is 5.75 Å². The van der Waals surface area contributed by atoms with Crippen molar-refractivity contribution in [1.82, 2.24) is 9.88 Å². The maximum Gasteiger partial charge on any atom is 0.573 e. The van der Waals surface area contributed by atoms with Crippen LogP contribution in [0.3, 0.4) is 0 Å². The van der Waals surface area contributed by atoms with Gasteiger partial charge in [0.1, 0.15) is 5.75 Å². The van der Waals surface area contributed by atoms with E-state index in [-0.39, 0.29) is 11.8 Å². The van der Waals surface area contributed by atoms with Gasteiger partial charge in [0.2, 0.25) is 0 Å². The van der Waals surface area contributed by atoms with E-state index in [1.165, 1.54) is 23.5 Å². The van der Waals surface area contributed by atoms with Gasteiger partial charge in [0.05, 0.1) is 12.2 Å². The molecule has 2 N–H and O–H groups in total. The first kappa shape index (κ1) is 27.3. The first-order chi connectivity index (χ1) is 18.3. The summed E-state index contributed by atoms with van der Waals surface area (Å²) in [6.07, 6.45) is -4.15. The Kier molecular flexibility index (Phi) is 9.09. The topological polar surface area (TPSA) is 67.7 Å². The number of rotatable bonds is 9. The van der Waals surface area contributed by atoms with Crippen LogP contribution in [-0.4, -0.2) is 23.5 Å². The maximum atomic E-state index is 12.6. The van der Waals surface area contributed by atoms with Crippen molar-refractivity contribution >= 4 is 34.7 Å². The number of benzene rings is 3. The van der Waals surface area contributed by atoms with E-state index in [9.17, 15) is 18.0 Å². The second kappa shape index (κ2) is 12.7. The van der Waals surface area contributed by atoms with E-state index >= 15 is 0 Å². The normalized spacial score (nSPS) is 11.8. The zero-order chi connectivity index (χ0) is 27.0. The Morgan fingerprint density at radius 3 is 2.39 bits per heavy atom. The number of anilines is 1. The first-order valence-electron chi connectivity index (χ1n) is 11.7. The molecule has 0 saturated carbocycles. The van der Waals surface area contributed by atoms with Gasteiger partial charge >= 0.3 is 12.4 Å². The lowest BCUT2D eigenvalue weighted by Crippen LogP contribution is -2.30. The van der Waals surface area contributed by atoms with Crippen molar-refractivity contribution in [1.29, 1.82) is 0 Å². The number of aromatic nitrogens is 1. The molecular weight excluding hydrogens is 537 g/mol. The molecule has 0 aliphatic heterocycles. The predicted molar refractivity (Wildman–Crippen MR) is 143 cm³/mol. The number of para-hydroxylation sites is 1. The number of nitrogens with one attached hydrogen (secondary N) is 2. The number of thiazole rings is 1.